The van der Waals surface area contributed by atoms with Gasteiger partial charge in [-0.2, -0.15) is 5.26 Å². The minimum atomic E-state index is 0.174. The number of nitrogens with one attached hydrogen (secondary N) is 2. The Hall–Kier alpha value is -2.95. The Labute approximate surface area is 134 Å². The van der Waals surface area contributed by atoms with Crippen LogP contribution in [0.5, 0.6) is 0 Å². The van der Waals surface area contributed by atoms with Gasteiger partial charge in [0.15, 0.2) is 0 Å². The number of nitriles is 1. The third-order valence-electron chi connectivity index (χ3n) is 3.85. The van der Waals surface area contributed by atoms with Crippen LogP contribution >= 0.6 is 0 Å². The predicted octanol–water partition coefficient (Wildman–Crippen LogP) is 1.26. The first-order valence-corrected chi connectivity index (χ1v) is 7.53. The van der Waals surface area contributed by atoms with Crippen LogP contribution in [0.2, 0.25) is 0 Å². The van der Waals surface area contributed by atoms with Crippen molar-refractivity contribution in [3.8, 4) is 6.07 Å². The van der Waals surface area contributed by atoms with Gasteiger partial charge in [0.1, 0.15) is 29.9 Å². The highest BCUT2D eigenvalue weighted by molar-refractivity contribution is 5.50. The Balaban J connectivity index is 1.68. The van der Waals surface area contributed by atoms with E-state index in [-0.39, 0.29) is 5.82 Å². The Bertz CT molecular complexity index is 711. The van der Waals surface area contributed by atoms with Gasteiger partial charge in [0.25, 0.3) is 0 Å². The minimum Gasteiger partial charge on any atom is -0.373 e. The molecule has 0 aliphatic carbocycles. The van der Waals surface area contributed by atoms with E-state index in [9.17, 15) is 0 Å². The third kappa shape index (κ3) is 3.45. The molecule has 2 aromatic rings. The maximum atomic E-state index is 8.85. The van der Waals surface area contributed by atoms with Crippen molar-refractivity contribution < 1.29 is 0 Å². The molecule has 118 valence electrons. The molecule has 2 N–H and O–H groups in total. The van der Waals surface area contributed by atoms with Crippen molar-refractivity contribution in [2.75, 3.05) is 35.7 Å². The van der Waals surface area contributed by atoms with E-state index in [1.165, 1.54) is 0 Å². The van der Waals surface area contributed by atoms with E-state index in [1.807, 2.05) is 19.2 Å². The number of anilines is 3. The molecule has 0 spiro atoms. The smallest absolute Gasteiger partial charge is 0.234 e. The highest BCUT2D eigenvalue weighted by atomic mass is 15.3. The second-order valence-corrected chi connectivity index (χ2v) is 5.26. The highest BCUT2D eigenvalue weighted by Crippen LogP contribution is 2.25. The van der Waals surface area contributed by atoms with E-state index in [0.717, 1.165) is 37.6 Å². The lowest BCUT2D eigenvalue weighted by molar-refractivity contribution is 0.688. The van der Waals surface area contributed by atoms with Crippen molar-refractivity contribution in [2.24, 2.45) is 0 Å². The first-order valence-electron chi connectivity index (χ1n) is 7.53. The molecule has 0 radical (unpaired) electrons. The SMILES string of the molecule is CNc1cc(N2CCCC2CNc2ccnc(C#N)n2)ncn1. The number of aromatic nitrogens is 4. The van der Waals surface area contributed by atoms with Gasteiger partial charge in [0.05, 0.1) is 0 Å². The monoisotopic (exact) mass is 310 g/mol. The number of rotatable bonds is 5. The van der Waals surface area contributed by atoms with Gasteiger partial charge in [0, 0.05) is 38.4 Å². The van der Waals surface area contributed by atoms with E-state index in [2.05, 4.69) is 35.5 Å². The molecule has 8 heteroatoms. The lowest BCUT2D eigenvalue weighted by atomic mass is 10.2. The Morgan fingerprint density at radius 1 is 1.35 bits per heavy atom. The molecule has 1 aliphatic heterocycles. The van der Waals surface area contributed by atoms with Gasteiger partial charge in [-0.3, -0.25) is 0 Å². The average molecular weight is 310 g/mol. The zero-order chi connectivity index (χ0) is 16.1. The van der Waals surface area contributed by atoms with Crippen LogP contribution in [0, 0.1) is 11.3 Å². The van der Waals surface area contributed by atoms with Crippen LogP contribution < -0.4 is 15.5 Å². The first kappa shape index (κ1) is 15.0. The molecule has 1 unspecified atom stereocenters. The van der Waals surface area contributed by atoms with Gasteiger partial charge in [-0.25, -0.2) is 19.9 Å². The summed E-state index contributed by atoms with van der Waals surface area (Å²) in [5.41, 5.74) is 0. The Morgan fingerprint density at radius 3 is 3.09 bits per heavy atom. The van der Waals surface area contributed by atoms with Gasteiger partial charge < -0.3 is 15.5 Å². The largest absolute Gasteiger partial charge is 0.373 e. The van der Waals surface area contributed by atoms with E-state index in [4.69, 9.17) is 5.26 Å². The standard InChI is InChI=1S/C15H18N8/c1-17-13-7-15(21-10-20-13)23-6-2-3-11(23)9-19-12-4-5-18-14(8-16)22-12/h4-5,7,10-11H,2-3,6,9H2,1H3,(H,17,20,21)(H,18,19,22). The lowest BCUT2D eigenvalue weighted by Crippen LogP contribution is -2.35. The summed E-state index contributed by atoms with van der Waals surface area (Å²) >= 11 is 0. The van der Waals surface area contributed by atoms with Gasteiger partial charge in [0.2, 0.25) is 5.82 Å². The van der Waals surface area contributed by atoms with Crippen molar-refractivity contribution in [1.29, 1.82) is 5.26 Å². The van der Waals surface area contributed by atoms with E-state index >= 15 is 0 Å². The Kier molecular flexibility index (Phi) is 4.47. The molecular formula is C15H18N8. The van der Waals surface area contributed by atoms with Crippen LogP contribution in [0.3, 0.4) is 0 Å². The van der Waals surface area contributed by atoms with Crippen molar-refractivity contribution in [3.63, 3.8) is 0 Å². The molecule has 8 nitrogen and oxygen atoms in total. The van der Waals surface area contributed by atoms with Crippen LogP contribution in [0.15, 0.2) is 24.7 Å². The summed E-state index contributed by atoms with van der Waals surface area (Å²) in [7, 11) is 1.84. The molecule has 3 rings (SSSR count). The number of hydrogen-bond acceptors (Lipinski definition) is 8. The predicted molar refractivity (Wildman–Crippen MR) is 87.2 cm³/mol. The fourth-order valence-corrected chi connectivity index (χ4v) is 2.72. The summed E-state index contributed by atoms with van der Waals surface area (Å²) in [6.07, 6.45) is 5.37. The number of hydrogen-bond donors (Lipinski definition) is 2. The van der Waals surface area contributed by atoms with E-state index < -0.39 is 0 Å². The van der Waals surface area contributed by atoms with Gasteiger partial charge in [-0.15, -0.1) is 0 Å². The number of nitrogens with zero attached hydrogens (tertiary/aromatic N) is 6. The summed E-state index contributed by atoms with van der Waals surface area (Å²) in [4.78, 5) is 18.8. The van der Waals surface area contributed by atoms with Crippen LogP contribution in [0.25, 0.3) is 0 Å². The summed E-state index contributed by atoms with van der Waals surface area (Å²) in [5, 5.41) is 15.2. The molecule has 1 atom stereocenters. The third-order valence-corrected chi connectivity index (χ3v) is 3.85. The van der Waals surface area contributed by atoms with E-state index in [1.54, 1.807) is 18.6 Å². The Morgan fingerprint density at radius 2 is 2.26 bits per heavy atom. The molecule has 3 heterocycles. The molecule has 0 bridgehead atoms. The zero-order valence-electron chi connectivity index (χ0n) is 12.9. The van der Waals surface area contributed by atoms with Crippen molar-refractivity contribution in [3.05, 3.63) is 30.5 Å². The molecular weight excluding hydrogens is 292 g/mol. The van der Waals surface area contributed by atoms with Crippen LogP contribution in [-0.2, 0) is 0 Å². The van der Waals surface area contributed by atoms with Gasteiger partial charge >= 0.3 is 0 Å². The summed E-state index contributed by atoms with van der Waals surface area (Å²) in [6, 6.07) is 6.00. The van der Waals surface area contributed by atoms with Crippen LogP contribution in [-0.4, -0.2) is 46.1 Å². The van der Waals surface area contributed by atoms with Crippen molar-refractivity contribution in [2.45, 2.75) is 18.9 Å². The topological polar surface area (TPSA) is 103 Å². The maximum Gasteiger partial charge on any atom is 0.234 e. The van der Waals surface area contributed by atoms with Crippen molar-refractivity contribution >= 4 is 17.5 Å². The fraction of sp³-hybridized carbons (Fsp3) is 0.400. The molecule has 1 saturated heterocycles. The molecule has 0 amide bonds. The van der Waals surface area contributed by atoms with Gasteiger partial charge in [-0.05, 0) is 18.9 Å². The van der Waals surface area contributed by atoms with Crippen molar-refractivity contribution in [1.82, 2.24) is 19.9 Å². The second-order valence-electron chi connectivity index (χ2n) is 5.26. The fourth-order valence-electron chi connectivity index (χ4n) is 2.72. The maximum absolute atomic E-state index is 8.85. The molecule has 2 aromatic heterocycles. The summed E-state index contributed by atoms with van der Waals surface area (Å²) < 4.78 is 0. The highest BCUT2D eigenvalue weighted by Gasteiger charge is 2.25. The van der Waals surface area contributed by atoms with Gasteiger partial charge in [-0.1, -0.05) is 0 Å². The molecule has 23 heavy (non-hydrogen) atoms. The molecule has 1 aliphatic rings. The van der Waals surface area contributed by atoms with E-state index in [0.29, 0.717) is 11.9 Å². The second kappa shape index (κ2) is 6.87. The van der Waals surface area contributed by atoms with Crippen LogP contribution in [0.1, 0.15) is 18.7 Å². The first-order chi connectivity index (χ1) is 11.3. The summed E-state index contributed by atoms with van der Waals surface area (Å²) in [6.45, 7) is 1.71. The summed E-state index contributed by atoms with van der Waals surface area (Å²) in [5.74, 6) is 2.58. The normalized spacial score (nSPS) is 16.9. The zero-order valence-corrected chi connectivity index (χ0v) is 12.9. The minimum absolute atomic E-state index is 0.174. The average Bonchev–Trinajstić information content (AvgIpc) is 3.09. The quantitative estimate of drug-likeness (QED) is 0.851. The molecule has 1 fully saturated rings. The molecule has 0 saturated carbocycles. The molecule has 0 aromatic carbocycles. The lowest BCUT2D eigenvalue weighted by Gasteiger charge is -2.26. The van der Waals surface area contributed by atoms with Crippen LogP contribution in [0.4, 0.5) is 17.5 Å².